The standard InChI is InChI=1S/C19H34O6.C2H6/c1-5-6-17(21)24-18(22)13(3)14-8-7-12(2)16-9-10-19(4,25-16)23-11-15(14)20;1-2/h12-16,18,20,22H,5-11H2,1-4H3;1-2H3/t12-,13-,14+,15+,16+,18?,19?;/m1./s1. The Bertz CT molecular complexity index is 442. The number of rotatable bonds is 5. The molecule has 6 nitrogen and oxygen atoms in total. The van der Waals surface area contributed by atoms with Crippen molar-refractivity contribution in [2.45, 2.75) is 104 Å². The van der Waals surface area contributed by atoms with Crippen LogP contribution in [0, 0.1) is 17.8 Å². The number of fused-ring (bicyclic) bond motifs is 2. The van der Waals surface area contributed by atoms with E-state index in [1.54, 1.807) is 0 Å². The van der Waals surface area contributed by atoms with Gasteiger partial charge in [-0.25, -0.2) is 0 Å². The molecule has 27 heavy (non-hydrogen) atoms. The van der Waals surface area contributed by atoms with E-state index in [0.29, 0.717) is 12.3 Å². The molecule has 2 fully saturated rings. The van der Waals surface area contributed by atoms with Gasteiger partial charge in [-0.05, 0) is 44.4 Å². The van der Waals surface area contributed by atoms with Crippen molar-refractivity contribution in [3.8, 4) is 0 Å². The first-order valence-electron chi connectivity index (χ1n) is 10.6. The van der Waals surface area contributed by atoms with Crippen molar-refractivity contribution in [3.63, 3.8) is 0 Å². The molecule has 2 bridgehead atoms. The molecule has 2 N–H and O–H groups in total. The van der Waals surface area contributed by atoms with Crippen molar-refractivity contribution in [1.29, 1.82) is 0 Å². The highest BCUT2D eigenvalue weighted by molar-refractivity contribution is 5.69. The molecule has 7 atom stereocenters. The van der Waals surface area contributed by atoms with Gasteiger partial charge in [-0.2, -0.15) is 0 Å². The molecule has 0 aromatic rings. The van der Waals surface area contributed by atoms with Gasteiger partial charge in [0.15, 0.2) is 5.79 Å². The van der Waals surface area contributed by atoms with E-state index in [2.05, 4.69) is 6.92 Å². The summed E-state index contributed by atoms with van der Waals surface area (Å²) in [6, 6.07) is 0. The van der Waals surface area contributed by atoms with Crippen molar-refractivity contribution < 1.29 is 29.2 Å². The third kappa shape index (κ3) is 7.00. The second kappa shape index (κ2) is 11.3. The van der Waals surface area contributed by atoms with Crippen LogP contribution in [0.4, 0.5) is 0 Å². The summed E-state index contributed by atoms with van der Waals surface area (Å²) in [5, 5.41) is 20.9. The zero-order valence-electron chi connectivity index (χ0n) is 17.9. The summed E-state index contributed by atoms with van der Waals surface area (Å²) in [7, 11) is 0. The topological polar surface area (TPSA) is 85.2 Å². The molecule has 0 aromatic carbocycles. The van der Waals surface area contributed by atoms with Crippen LogP contribution in [-0.2, 0) is 19.0 Å². The van der Waals surface area contributed by atoms with Gasteiger partial charge in [0.05, 0.1) is 18.8 Å². The minimum Gasteiger partial charge on any atom is -0.436 e. The SMILES string of the molecule is CC.CCCC(=O)OC(O)[C@H](C)[C@@H]1CC[C@@H](C)[C@@H]2CCC(C)(OC[C@@H]1O)O2. The predicted molar refractivity (Wildman–Crippen MR) is 104 cm³/mol. The molecule has 2 unspecified atom stereocenters. The third-order valence-electron chi connectivity index (χ3n) is 5.76. The molecule has 160 valence electrons. The summed E-state index contributed by atoms with van der Waals surface area (Å²) in [4.78, 5) is 11.6. The number of carbonyl (C=O) groups is 1. The summed E-state index contributed by atoms with van der Waals surface area (Å²) < 4.78 is 17.1. The van der Waals surface area contributed by atoms with E-state index in [1.165, 1.54) is 0 Å². The maximum atomic E-state index is 11.6. The van der Waals surface area contributed by atoms with Crippen molar-refractivity contribution in [2.24, 2.45) is 17.8 Å². The van der Waals surface area contributed by atoms with Crippen LogP contribution < -0.4 is 0 Å². The van der Waals surface area contributed by atoms with Crippen LogP contribution >= 0.6 is 0 Å². The number of ether oxygens (including phenoxy) is 3. The Morgan fingerprint density at radius 2 is 1.96 bits per heavy atom. The van der Waals surface area contributed by atoms with E-state index in [1.807, 2.05) is 34.6 Å². The minimum absolute atomic E-state index is 0.155. The molecule has 2 aliphatic rings. The van der Waals surface area contributed by atoms with Gasteiger partial charge < -0.3 is 24.4 Å². The van der Waals surface area contributed by atoms with E-state index in [4.69, 9.17) is 14.2 Å². The van der Waals surface area contributed by atoms with Crippen LogP contribution in [0.15, 0.2) is 0 Å². The third-order valence-corrected chi connectivity index (χ3v) is 5.76. The van der Waals surface area contributed by atoms with Crippen LogP contribution in [0.3, 0.4) is 0 Å². The molecule has 0 aromatic heterocycles. The van der Waals surface area contributed by atoms with Crippen LogP contribution in [0.1, 0.15) is 80.1 Å². The number of aliphatic hydroxyl groups is 2. The number of carbonyl (C=O) groups excluding carboxylic acids is 1. The summed E-state index contributed by atoms with van der Waals surface area (Å²) in [6.45, 7) is 11.9. The molecule has 0 radical (unpaired) electrons. The quantitative estimate of drug-likeness (QED) is 0.553. The maximum Gasteiger partial charge on any atom is 0.308 e. The Morgan fingerprint density at radius 1 is 1.30 bits per heavy atom. The number of hydrogen-bond donors (Lipinski definition) is 2. The first-order chi connectivity index (χ1) is 12.8. The Morgan fingerprint density at radius 3 is 2.59 bits per heavy atom. The Labute approximate surface area is 164 Å². The van der Waals surface area contributed by atoms with Gasteiger partial charge in [0, 0.05) is 18.8 Å². The normalized spacial score (nSPS) is 36.1. The summed E-state index contributed by atoms with van der Waals surface area (Å²) in [5.74, 6) is -1.26. The number of hydrogen-bond acceptors (Lipinski definition) is 6. The molecule has 6 heteroatoms. The van der Waals surface area contributed by atoms with Gasteiger partial charge >= 0.3 is 5.97 Å². The molecule has 0 aliphatic carbocycles. The van der Waals surface area contributed by atoms with Crippen LogP contribution in [0.5, 0.6) is 0 Å². The Hall–Kier alpha value is -0.690. The molecular formula is C21H40O6. The van der Waals surface area contributed by atoms with Gasteiger partial charge in [-0.3, -0.25) is 4.79 Å². The molecule has 2 rings (SSSR count). The average Bonchev–Trinajstić information content (AvgIpc) is 3.03. The van der Waals surface area contributed by atoms with Gasteiger partial charge in [0.1, 0.15) is 0 Å². The monoisotopic (exact) mass is 388 g/mol. The fraction of sp³-hybridized carbons (Fsp3) is 0.952. The fourth-order valence-corrected chi connectivity index (χ4v) is 3.90. The zero-order valence-corrected chi connectivity index (χ0v) is 17.9. The van der Waals surface area contributed by atoms with Gasteiger partial charge in [0.25, 0.3) is 0 Å². The van der Waals surface area contributed by atoms with Gasteiger partial charge in [-0.15, -0.1) is 0 Å². The van der Waals surface area contributed by atoms with Crippen LogP contribution in [-0.4, -0.2) is 47.1 Å². The maximum absolute atomic E-state index is 11.6. The average molecular weight is 389 g/mol. The first-order valence-corrected chi connectivity index (χ1v) is 10.6. The lowest BCUT2D eigenvalue weighted by Gasteiger charge is -2.36. The van der Waals surface area contributed by atoms with E-state index in [-0.39, 0.29) is 31.0 Å². The molecule has 2 saturated heterocycles. The molecule has 0 amide bonds. The summed E-state index contributed by atoms with van der Waals surface area (Å²) in [5.41, 5.74) is 0. The number of aliphatic hydroxyl groups excluding tert-OH is 2. The first kappa shape index (κ1) is 24.3. The highest BCUT2D eigenvalue weighted by Gasteiger charge is 2.42. The van der Waals surface area contributed by atoms with Gasteiger partial charge in [0.2, 0.25) is 6.29 Å². The van der Waals surface area contributed by atoms with E-state index >= 15 is 0 Å². The Balaban J connectivity index is 0.00000176. The zero-order chi connectivity index (χ0) is 20.6. The molecule has 0 spiro atoms. The lowest BCUT2D eigenvalue weighted by molar-refractivity contribution is -0.241. The molecule has 0 saturated carbocycles. The molecule has 2 aliphatic heterocycles. The van der Waals surface area contributed by atoms with E-state index in [0.717, 1.165) is 25.7 Å². The highest BCUT2D eigenvalue weighted by Crippen LogP contribution is 2.39. The van der Waals surface area contributed by atoms with Crippen LogP contribution in [0.2, 0.25) is 0 Å². The minimum atomic E-state index is -1.21. The second-order valence-electron chi connectivity index (χ2n) is 7.92. The number of esters is 1. The summed E-state index contributed by atoms with van der Waals surface area (Å²) >= 11 is 0. The lowest BCUT2D eigenvalue weighted by atomic mass is 9.82. The Kier molecular flexibility index (Phi) is 10.2. The van der Waals surface area contributed by atoms with Gasteiger partial charge in [-0.1, -0.05) is 34.6 Å². The molecular weight excluding hydrogens is 348 g/mol. The van der Waals surface area contributed by atoms with Crippen molar-refractivity contribution >= 4 is 5.97 Å². The molecule has 2 heterocycles. The smallest absolute Gasteiger partial charge is 0.308 e. The van der Waals surface area contributed by atoms with Crippen molar-refractivity contribution in [1.82, 2.24) is 0 Å². The van der Waals surface area contributed by atoms with Crippen molar-refractivity contribution in [2.75, 3.05) is 6.61 Å². The fourth-order valence-electron chi connectivity index (χ4n) is 3.90. The lowest BCUT2D eigenvalue weighted by Crippen LogP contribution is -2.42. The second-order valence-corrected chi connectivity index (χ2v) is 7.92. The van der Waals surface area contributed by atoms with E-state index in [9.17, 15) is 15.0 Å². The largest absolute Gasteiger partial charge is 0.436 e. The van der Waals surface area contributed by atoms with Crippen molar-refractivity contribution in [3.05, 3.63) is 0 Å². The van der Waals surface area contributed by atoms with E-state index < -0.39 is 24.2 Å². The summed E-state index contributed by atoms with van der Waals surface area (Å²) in [6.07, 6.45) is 2.60. The van der Waals surface area contributed by atoms with Crippen LogP contribution in [0.25, 0.3) is 0 Å². The highest BCUT2D eigenvalue weighted by atomic mass is 16.7. The predicted octanol–water partition coefficient (Wildman–Crippen LogP) is 3.63.